The van der Waals surface area contributed by atoms with Crippen LogP contribution in [0.2, 0.25) is 0 Å². The highest BCUT2D eigenvalue weighted by atomic mass is 16.5. The lowest BCUT2D eigenvalue weighted by molar-refractivity contribution is 0.0593. The van der Waals surface area contributed by atoms with Gasteiger partial charge in [0.1, 0.15) is 22.6 Å². The Morgan fingerprint density at radius 1 is 1.00 bits per heavy atom. The molecule has 50 heavy (non-hydrogen) atoms. The van der Waals surface area contributed by atoms with Gasteiger partial charge in [-0.05, 0) is 80.0 Å². The number of hydrogen-bond donors (Lipinski definition) is 2. The quantitative estimate of drug-likeness (QED) is 0.229. The Bertz CT molecular complexity index is 2460. The lowest BCUT2D eigenvalue weighted by Crippen LogP contribution is -2.41. The van der Waals surface area contributed by atoms with Gasteiger partial charge < -0.3 is 34.2 Å². The highest BCUT2D eigenvalue weighted by molar-refractivity contribution is 6.00. The van der Waals surface area contributed by atoms with Gasteiger partial charge >= 0.3 is 5.97 Å². The molecule has 6 aromatic rings. The van der Waals surface area contributed by atoms with E-state index in [1.807, 2.05) is 46.8 Å². The van der Waals surface area contributed by atoms with Gasteiger partial charge in [-0.25, -0.2) is 14.8 Å². The molecule has 3 fully saturated rings. The molecule has 2 saturated carbocycles. The molecule has 2 aliphatic carbocycles. The van der Waals surface area contributed by atoms with Gasteiger partial charge in [0.05, 0.1) is 31.1 Å². The molecule has 3 N–H and O–H groups in total. The van der Waals surface area contributed by atoms with Crippen molar-refractivity contribution in [3.8, 4) is 28.5 Å². The zero-order chi connectivity index (χ0) is 34.4. The van der Waals surface area contributed by atoms with Crippen LogP contribution in [0.1, 0.15) is 46.5 Å². The fourth-order valence-electron chi connectivity index (χ4n) is 8.11. The number of hydrogen-bond acceptors (Lipinski definition) is 8. The smallest absolute Gasteiger partial charge is 0.354 e. The van der Waals surface area contributed by atoms with Crippen LogP contribution in [0.15, 0.2) is 59.4 Å². The molecule has 2 bridgehead atoms. The number of rotatable bonds is 7. The second-order valence-corrected chi connectivity index (χ2v) is 14.0. The SMILES string of the molecule is COC(=O)c1cc(=O)c2cc(-c3ccc4cc(-c5nc6cc(C(=O)N7C[C@H]8CC[C@@H]7[C@@H]8N)cc(OC)c6n5C)n(CC5CC5)c4n3)ccc2[nH]1. The number of fused-ring (bicyclic) bond motifs is 5. The fraction of sp³-hybridized carbons (Fsp3) is 0.342. The first-order valence-corrected chi connectivity index (χ1v) is 17.1. The number of pyridine rings is 2. The zero-order valence-electron chi connectivity index (χ0n) is 28.1. The Labute approximate surface area is 286 Å². The Balaban J connectivity index is 1.13. The summed E-state index contributed by atoms with van der Waals surface area (Å²) < 4.78 is 14.9. The Morgan fingerprint density at radius 3 is 2.56 bits per heavy atom. The van der Waals surface area contributed by atoms with Gasteiger partial charge in [-0.2, -0.15) is 0 Å². The second kappa shape index (κ2) is 11.3. The lowest BCUT2D eigenvalue weighted by atomic mass is 10.1. The van der Waals surface area contributed by atoms with Crippen molar-refractivity contribution in [3.05, 3.63) is 76.1 Å². The van der Waals surface area contributed by atoms with Crippen LogP contribution in [-0.2, 0) is 18.3 Å². The first-order chi connectivity index (χ1) is 24.2. The minimum atomic E-state index is -0.598. The molecule has 5 heterocycles. The summed E-state index contributed by atoms with van der Waals surface area (Å²) in [5.41, 5.74) is 12.1. The molecule has 1 amide bonds. The summed E-state index contributed by atoms with van der Waals surface area (Å²) in [4.78, 5) is 54.0. The van der Waals surface area contributed by atoms with Crippen molar-refractivity contribution in [1.82, 2.24) is 29.0 Å². The zero-order valence-corrected chi connectivity index (χ0v) is 28.1. The first-order valence-electron chi connectivity index (χ1n) is 17.1. The number of imidazole rings is 1. The van der Waals surface area contributed by atoms with Crippen LogP contribution >= 0.6 is 0 Å². The molecular formula is C38H37N7O5. The number of nitrogens with two attached hydrogens (primary N) is 1. The van der Waals surface area contributed by atoms with Crippen LogP contribution in [-0.4, -0.2) is 73.7 Å². The molecule has 3 atom stereocenters. The standard InChI is InChI=1S/C38H37N7O5/c1-43-34-27(13-23(15-32(34)49-2)37(47)45-18-22-8-11-29(45)33(22)39)42-36(43)30-14-21-7-9-25(41-35(21)44(30)17-19-4-5-19)20-6-10-26-24(12-20)31(46)16-28(40-26)38(48)50-3/h6-7,9-10,12-16,19,22,29,33H,4-5,8,11,17-18,39H2,1-3H3,(H,40,46)/t22-,29-,33-/m1/s1. The van der Waals surface area contributed by atoms with Crippen molar-refractivity contribution < 1.29 is 19.1 Å². The van der Waals surface area contributed by atoms with Gasteiger partial charge in [0.25, 0.3) is 5.91 Å². The molecule has 4 aromatic heterocycles. The van der Waals surface area contributed by atoms with E-state index in [1.54, 1.807) is 19.2 Å². The van der Waals surface area contributed by atoms with Crippen LogP contribution in [0, 0.1) is 11.8 Å². The average molecular weight is 672 g/mol. The van der Waals surface area contributed by atoms with Crippen molar-refractivity contribution in [2.75, 3.05) is 20.8 Å². The second-order valence-electron chi connectivity index (χ2n) is 14.0. The van der Waals surface area contributed by atoms with E-state index in [0.717, 1.165) is 71.6 Å². The minimum Gasteiger partial charge on any atom is -0.494 e. The van der Waals surface area contributed by atoms with Crippen LogP contribution in [0.25, 0.3) is 55.7 Å². The summed E-state index contributed by atoms with van der Waals surface area (Å²) >= 11 is 0. The van der Waals surface area contributed by atoms with Gasteiger partial charge in [-0.3, -0.25) is 9.59 Å². The van der Waals surface area contributed by atoms with E-state index in [-0.39, 0.29) is 29.1 Å². The number of ether oxygens (including phenoxy) is 2. The number of esters is 1. The van der Waals surface area contributed by atoms with Crippen molar-refractivity contribution in [2.24, 2.45) is 24.6 Å². The molecule has 0 unspecified atom stereocenters. The topological polar surface area (TPSA) is 150 Å². The fourth-order valence-corrected chi connectivity index (χ4v) is 8.11. The number of likely N-dealkylation sites (tertiary alicyclic amines) is 1. The van der Waals surface area contributed by atoms with Crippen LogP contribution < -0.4 is 15.9 Å². The highest BCUT2D eigenvalue weighted by Crippen LogP contribution is 2.40. The number of amides is 1. The number of benzene rings is 2. The van der Waals surface area contributed by atoms with Crippen molar-refractivity contribution in [3.63, 3.8) is 0 Å². The number of nitrogens with zero attached hydrogens (tertiary/aromatic N) is 5. The monoisotopic (exact) mass is 671 g/mol. The van der Waals surface area contributed by atoms with Gasteiger partial charge in [0.2, 0.25) is 0 Å². The summed E-state index contributed by atoms with van der Waals surface area (Å²) in [6.07, 6.45) is 4.34. The molecule has 0 radical (unpaired) electrons. The summed E-state index contributed by atoms with van der Waals surface area (Å²) in [6.45, 7) is 1.49. The third kappa shape index (κ3) is 4.72. The molecule has 3 aliphatic rings. The first kappa shape index (κ1) is 30.6. The van der Waals surface area contributed by atoms with Gasteiger partial charge in [-0.15, -0.1) is 0 Å². The van der Waals surface area contributed by atoms with E-state index >= 15 is 0 Å². The Kier molecular flexibility index (Phi) is 6.89. The largest absolute Gasteiger partial charge is 0.494 e. The number of carbonyl (C=O) groups excluding carboxylic acids is 2. The normalized spacial score (nSPS) is 20.0. The van der Waals surface area contributed by atoms with Gasteiger partial charge in [0, 0.05) is 65.7 Å². The lowest BCUT2D eigenvalue weighted by Gasteiger charge is -2.27. The summed E-state index contributed by atoms with van der Waals surface area (Å²) in [5, 5.41) is 1.43. The summed E-state index contributed by atoms with van der Waals surface area (Å²) in [5.74, 6) is 1.64. The maximum absolute atomic E-state index is 13.8. The molecular weight excluding hydrogens is 634 g/mol. The van der Waals surface area contributed by atoms with Crippen molar-refractivity contribution in [2.45, 2.75) is 44.3 Å². The molecule has 2 aromatic carbocycles. The number of H-pyrrole nitrogens is 1. The maximum atomic E-state index is 13.8. The molecule has 1 saturated heterocycles. The number of piperidine rings is 1. The van der Waals surface area contributed by atoms with E-state index in [0.29, 0.717) is 46.1 Å². The average Bonchev–Trinajstić information content (AvgIpc) is 3.53. The predicted octanol–water partition coefficient (Wildman–Crippen LogP) is 4.87. The van der Waals surface area contributed by atoms with Gasteiger partial charge in [-0.1, -0.05) is 6.07 Å². The van der Waals surface area contributed by atoms with E-state index in [1.165, 1.54) is 13.2 Å². The van der Waals surface area contributed by atoms with Crippen LogP contribution in [0.4, 0.5) is 0 Å². The number of aromatic amines is 1. The molecule has 254 valence electrons. The van der Waals surface area contributed by atoms with E-state index in [2.05, 4.69) is 15.6 Å². The van der Waals surface area contributed by atoms with Crippen LogP contribution in [0.3, 0.4) is 0 Å². The molecule has 1 aliphatic heterocycles. The molecule has 12 heteroatoms. The van der Waals surface area contributed by atoms with E-state index < -0.39 is 5.97 Å². The molecule has 12 nitrogen and oxygen atoms in total. The summed E-state index contributed by atoms with van der Waals surface area (Å²) in [7, 11) is 4.88. The number of aryl methyl sites for hydroxylation is 1. The van der Waals surface area contributed by atoms with E-state index in [9.17, 15) is 14.4 Å². The predicted molar refractivity (Wildman–Crippen MR) is 189 cm³/mol. The number of carbonyl (C=O) groups is 2. The van der Waals surface area contributed by atoms with Crippen molar-refractivity contribution in [1.29, 1.82) is 0 Å². The Hall–Kier alpha value is -5.49. The van der Waals surface area contributed by atoms with E-state index in [4.69, 9.17) is 25.2 Å². The summed E-state index contributed by atoms with van der Waals surface area (Å²) in [6, 6.07) is 16.7. The van der Waals surface area contributed by atoms with Crippen LogP contribution in [0.5, 0.6) is 5.75 Å². The number of methoxy groups -OCH3 is 2. The van der Waals surface area contributed by atoms with Gasteiger partial charge in [0.15, 0.2) is 11.3 Å². The Morgan fingerprint density at radius 2 is 1.84 bits per heavy atom. The highest BCUT2D eigenvalue weighted by Gasteiger charge is 2.47. The third-order valence-electron chi connectivity index (χ3n) is 11.0. The minimum absolute atomic E-state index is 0.0285. The van der Waals surface area contributed by atoms with Crippen molar-refractivity contribution >= 4 is 44.8 Å². The molecule has 0 spiro atoms. The maximum Gasteiger partial charge on any atom is 0.354 e. The number of aromatic nitrogens is 5. The number of nitrogens with one attached hydrogen (secondary N) is 1. The third-order valence-corrected chi connectivity index (χ3v) is 11.0. The molecule has 9 rings (SSSR count).